The first-order chi connectivity index (χ1) is 9.02. The molecule has 0 amide bonds. The molecule has 1 fully saturated rings. The summed E-state index contributed by atoms with van der Waals surface area (Å²) >= 11 is 0. The Labute approximate surface area is 116 Å². The molecule has 2 rings (SSSR count). The van der Waals surface area contributed by atoms with Crippen LogP contribution in [-0.4, -0.2) is 41.8 Å². The van der Waals surface area contributed by atoms with Gasteiger partial charge in [-0.25, -0.2) is 0 Å². The maximum Gasteiger partial charge on any atom is 0.119 e. The van der Waals surface area contributed by atoms with Crippen molar-refractivity contribution in [2.75, 3.05) is 26.2 Å². The molecule has 0 spiro atoms. The van der Waals surface area contributed by atoms with E-state index >= 15 is 0 Å². The number of ether oxygens (including phenoxy) is 1. The number of aliphatic hydroxyl groups is 1. The minimum absolute atomic E-state index is 0.422. The van der Waals surface area contributed by atoms with E-state index < -0.39 is 5.60 Å². The van der Waals surface area contributed by atoms with Crippen molar-refractivity contribution in [3.8, 4) is 5.75 Å². The summed E-state index contributed by atoms with van der Waals surface area (Å²) in [6, 6.07) is 6.22. The third kappa shape index (κ3) is 3.71. The third-order valence-electron chi connectivity index (χ3n) is 4.06. The molecule has 0 radical (unpaired) electrons. The molecule has 0 bridgehead atoms. The maximum absolute atomic E-state index is 9.91. The van der Waals surface area contributed by atoms with E-state index in [4.69, 9.17) is 4.74 Å². The Balaban J connectivity index is 1.64. The Hall–Kier alpha value is -1.06. The van der Waals surface area contributed by atoms with Gasteiger partial charge in [-0.1, -0.05) is 13.0 Å². The molecule has 0 aromatic heterocycles. The SMILES string of the molecule is CCC1(O)CN(CCCOc2ccc(C)c(C)c2)C1. The lowest BCUT2D eigenvalue weighted by Crippen LogP contribution is -2.61. The van der Waals surface area contributed by atoms with Crippen molar-refractivity contribution >= 4 is 0 Å². The molecule has 3 nitrogen and oxygen atoms in total. The second kappa shape index (κ2) is 5.93. The quantitative estimate of drug-likeness (QED) is 0.801. The van der Waals surface area contributed by atoms with Crippen molar-refractivity contribution in [1.82, 2.24) is 4.90 Å². The number of aryl methyl sites for hydroxylation is 2. The summed E-state index contributed by atoms with van der Waals surface area (Å²) in [6.45, 7) is 9.63. The smallest absolute Gasteiger partial charge is 0.119 e. The molecule has 1 heterocycles. The summed E-state index contributed by atoms with van der Waals surface area (Å²) in [7, 11) is 0. The molecule has 1 aliphatic rings. The molecule has 1 aromatic carbocycles. The van der Waals surface area contributed by atoms with E-state index in [0.29, 0.717) is 0 Å². The maximum atomic E-state index is 9.91. The normalized spacial score (nSPS) is 18.1. The monoisotopic (exact) mass is 263 g/mol. The zero-order chi connectivity index (χ0) is 13.9. The molecule has 0 aliphatic carbocycles. The Bertz CT molecular complexity index is 425. The molecule has 19 heavy (non-hydrogen) atoms. The van der Waals surface area contributed by atoms with Crippen molar-refractivity contribution in [3.05, 3.63) is 29.3 Å². The van der Waals surface area contributed by atoms with Crippen LogP contribution >= 0.6 is 0 Å². The van der Waals surface area contributed by atoms with Crippen molar-refractivity contribution in [1.29, 1.82) is 0 Å². The summed E-state index contributed by atoms with van der Waals surface area (Å²) in [4.78, 5) is 2.28. The van der Waals surface area contributed by atoms with Crippen LogP contribution in [0.2, 0.25) is 0 Å². The highest BCUT2D eigenvalue weighted by atomic mass is 16.5. The van der Waals surface area contributed by atoms with Crippen LogP contribution < -0.4 is 4.74 Å². The van der Waals surface area contributed by atoms with Gasteiger partial charge in [-0.3, -0.25) is 4.90 Å². The summed E-state index contributed by atoms with van der Waals surface area (Å²) in [5.74, 6) is 0.955. The van der Waals surface area contributed by atoms with Crippen molar-refractivity contribution in [2.45, 2.75) is 39.2 Å². The standard InChI is InChI=1S/C16H25NO2/c1-4-16(18)11-17(12-16)8-5-9-19-15-7-6-13(2)14(3)10-15/h6-7,10,18H,4-5,8-9,11-12H2,1-3H3. The van der Waals surface area contributed by atoms with Gasteiger partial charge in [0.05, 0.1) is 12.2 Å². The number of likely N-dealkylation sites (tertiary alicyclic amines) is 1. The van der Waals surface area contributed by atoms with Gasteiger partial charge >= 0.3 is 0 Å². The third-order valence-corrected chi connectivity index (χ3v) is 4.06. The Morgan fingerprint density at radius 1 is 1.26 bits per heavy atom. The fraction of sp³-hybridized carbons (Fsp3) is 0.625. The van der Waals surface area contributed by atoms with Crippen LogP contribution in [0.25, 0.3) is 0 Å². The van der Waals surface area contributed by atoms with Gasteiger partial charge in [0.15, 0.2) is 0 Å². The van der Waals surface area contributed by atoms with Gasteiger partial charge < -0.3 is 9.84 Å². The molecule has 3 heteroatoms. The highest BCUT2D eigenvalue weighted by Gasteiger charge is 2.38. The molecule has 1 aliphatic heterocycles. The molecule has 1 N–H and O–H groups in total. The van der Waals surface area contributed by atoms with E-state index in [1.54, 1.807) is 0 Å². The summed E-state index contributed by atoms with van der Waals surface area (Å²) in [5.41, 5.74) is 2.15. The summed E-state index contributed by atoms with van der Waals surface area (Å²) < 4.78 is 5.75. The predicted octanol–water partition coefficient (Wildman–Crippen LogP) is 2.53. The lowest BCUT2D eigenvalue weighted by molar-refractivity contribution is -0.1000. The average Bonchev–Trinajstić information content (AvgIpc) is 2.36. The molecular weight excluding hydrogens is 238 g/mol. The van der Waals surface area contributed by atoms with E-state index in [1.165, 1.54) is 11.1 Å². The average molecular weight is 263 g/mol. The number of benzene rings is 1. The first-order valence-corrected chi connectivity index (χ1v) is 7.17. The Kier molecular flexibility index (Phi) is 4.48. The molecule has 1 aromatic rings. The van der Waals surface area contributed by atoms with E-state index in [0.717, 1.165) is 44.8 Å². The highest BCUT2D eigenvalue weighted by molar-refractivity contribution is 5.33. The van der Waals surface area contributed by atoms with Gasteiger partial charge in [0, 0.05) is 19.6 Å². The summed E-state index contributed by atoms with van der Waals surface area (Å²) in [6.07, 6.45) is 1.86. The van der Waals surface area contributed by atoms with E-state index in [-0.39, 0.29) is 0 Å². The van der Waals surface area contributed by atoms with E-state index in [1.807, 2.05) is 13.0 Å². The second-order valence-corrected chi connectivity index (χ2v) is 5.74. The fourth-order valence-corrected chi connectivity index (χ4v) is 2.45. The second-order valence-electron chi connectivity index (χ2n) is 5.74. The number of hydrogen-bond donors (Lipinski definition) is 1. The minimum Gasteiger partial charge on any atom is -0.494 e. The summed E-state index contributed by atoms with van der Waals surface area (Å²) in [5, 5.41) is 9.91. The van der Waals surface area contributed by atoms with E-state index in [2.05, 4.69) is 30.9 Å². The zero-order valence-electron chi connectivity index (χ0n) is 12.3. The van der Waals surface area contributed by atoms with Crippen LogP contribution in [0, 0.1) is 13.8 Å². The van der Waals surface area contributed by atoms with Gasteiger partial charge in [-0.2, -0.15) is 0 Å². The lowest BCUT2D eigenvalue weighted by Gasteiger charge is -2.46. The van der Waals surface area contributed by atoms with Crippen molar-refractivity contribution < 1.29 is 9.84 Å². The van der Waals surface area contributed by atoms with Crippen LogP contribution in [0.4, 0.5) is 0 Å². The van der Waals surface area contributed by atoms with Crippen LogP contribution in [0.5, 0.6) is 5.75 Å². The number of β-amino-alcohol motifs (C(OH)–C–C–N with tert-alkyl or cyclic N) is 1. The first-order valence-electron chi connectivity index (χ1n) is 7.17. The molecule has 106 valence electrons. The van der Waals surface area contributed by atoms with Crippen LogP contribution in [0.3, 0.4) is 0 Å². The predicted molar refractivity (Wildman–Crippen MR) is 77.7 cm³/mol. The van der Waals surface area contributed by atoms with Crippen LogP contribution in [0.15, 0.2) is 18.2 Å². The Morgan fingerprint density at radius 3 is 2.63 bits per heavy atom. The van der Waals surface area contributed by atoms with Gasteiger partial charge in [0.1, 0.15) is 5.75 Å². The zero-order valence-corrected chi connectivity index (χ0v) is 12.3. The molecule has 0 saturated carbocycles. The minimum atomic E-state index is -0.422. The number of rotatable bonds is 6. The van der Waals surface area contributed by atoms with Gasteiger partial charge in [0.2, 0.25) is 0 Å². The Morgan fingerprint density at radius 2 is 2.00 bits per heavy atom. The van der Waals surface area contributed by atoms with Gasteiger partial charge in [-0.15, -0.1) is 0 Å². The number of nitrogens with zero attached hydrogens (tertiary/aromatic N) is 1. The van der Waals surface area contributed by atoms with Crippen molar-refractivity contribution in [2.24, 2.45) is 0 Å². The highest BCUT2D eigenvalue weighted by Crippen LogP contribution is 2.24. The van der Waals surface area contributed by atoms with Crippen molar-refractivity contribution in [3.63, 3.8) is 0 Å². The van der Waals surface area contributed by atoms with Crippen LogP contribution in [0.1, 0.15) is 30.9 Å². The topological polar surface area (TPSA) is 32.7 Å². The largest absolute Gasteiger partial charge is 0.494 e. The van der Waals surface area contributed by atoms with Gasteiger partial charge in [0.25, 0.3) is 0 Å². The van der Waals surface area contributed by atoms with Crippen LogP contribution in [-0.2, 0) is 0 Å². The molecule has 0 unspecified atom stereocenters. The van der Waals surface area contributed by atoms with E-state index in [9.17, 15) is 5.11 Å². The lowest BCUT2D eigenvalue weighted by atomic mass is 9.91. The molecule has 1 saturated heterocycles. The first kappa shape index (κ1) is 14.4. The molecule has 0 atom stereocenters. The van der Waals surface area contributed by atoms with Gasteiger partial charge in [-0.05, 0) is 49.9 Å². The fourth-order valence-electron chi connectivity index (χ4n) is 2.45. The number of hydrogen-bond acceptors (Lipinski definition) is 3. The molecular formula is C16H25NO2.